The number of anilines is 1. The summed E-state index contributed by atoms with van der Waals surface area (Å²) in [6, 6.07) is 3.86. The Morgan fingerprint density at radius 1 is 1.52 bits per heavy atom. The number of aromatic amines is 1. The van der Waals surface area contributed by atoms with Gasteiger partial charge in [-0.3, -0.25) is 4.79 Å². The number of carbonyl (C=O) groups excluding carboxylic acids is 1. The van der Waals surface area contributed by atoms with E-state index in [4.69, 9.17) is 11.6 Å². The van der Waals surface area contributed by atoms with Gasteiger partial charge in [0.15, 0.2) is 0 Å². The van der Waals surface area contributed by atoms with Crippen LogP contribution in [0.1, 0.15) is 15.9 Å². The number of halogens is 2. The first-order valence-corrected chi connectivity index (χ1v) is 6.24. The lowest BCUT2D eigenvalue weighted by atomic mass is 10.1. The molecular weight excluding hydrogens is 301 g/mol. The molecule has 0 bridgehead atoms. The highest BCUT2D eigenvalue weighted by Gasteiger charge is 2.11. The first-order chi connectivity index (χ1) is 10.0. The van der Waals surface area contributed by atoms with Gasteiger partial charge in [0, 0.05) is 12.1 Å². The maximum atomic E-state index is 13.7. The molecule has 1 heterocycles. The Morgan fingerprint density at radius 3 is 3.00 bits per heavy atom. The molecular formula is C13H11ClFN3O3. The lowest BCUT2D eigenvalue weighted by Crippen LogP contribution is -2.12. The second-order valence-electron chi connectivity index (χ2n) is 4.08. The van der Waals surface area contributed by atoms with E-state index in [9.17, 15) is 14.0 Å². The number of hydrogen-bond acceptors (Lipinski definition) is 5. The molecule has 0 saturated heterocycles. The van der Waals surface area contributed by atoms with Crippen LogP contribution in [0.3, 0.4) is 0 Å². The van der Waals surface area contributed by atoms with Crippen molar-refractivity contribution in [3.8, 4) is 0 Å². The molecule has 110 valence electrons. The minimum atomic E-state index is -0.563. The maximum Gasteiger partial charge on any atom is 0.337 e. The van der Waals surface area contributed by atoms with E-state index in [-0.39, 0.29) is 28.4 Å². The summed E-state index contributed by atoms with van der Waals surface area (Å²) in [5.41, 5.74) is 0.175. The van der Waals surface area contributed by atoms with Gasteiger partial charge in [0.1, 0.15) is 10.8 Å². The van der Waals surface area contributed by atoms with Crippen LogP contribution in [0.4, 0.5) is 10.1 Å². The van der Waals surface area contributed by atoms with Crippen molar-refractivity contribution in [3.05, 3.63) is 56.7 Å². The van der Waals surface area contributed by atoms with Crippen LogP contribution in [0.15, 0.2) is 29.2 Å². The van der Waals surface area contributed by atoms with Crippen molar-refractivity contribution in [3.63, 3.8) is 0 Å². The van der Waals surface area contributed by atoms with Gasteiger partial charge in [0.25, 0.3) is 5.56 Å². The van der Waals surface area contributed by atoms with Crippen LogP contribution >= 0.6 is 11.6 Å². The zero-order chi connectivity index (χ0) is 15.4. The highest BCUT2D eigenvalue weighted by Crippen LogP contribution is 2.17. The largest absolute Gasteiger partial charge is 0.465 e. The van der Waals surface area contributed by atoms with Crippen LogP contribution in [0.25, 0.3) is 0 Å². The Bertz CT molecular complexity index is 733. The fourth-order valence-electron chi connectivity index (χ4n) is 1.65. The molecule has 2 N–H and O–H groups in total. The summed E-state index contributed by atoms with van der Waals surface area (Å²) in [6.45, 7) is 0.0293. The monoisotopic (exact) mass is 311 g/mol. The topological polar surface area (TPSA) is 84.1 Å². The number of esters is 1. The second kappa shape index (κ2) is 6.36. The maximum absolute atomic E-state index is 13.7. The molecule has 0 aliphatic heterocycles. The van der Waals surface area contributed by atoms with E-state index in [1.165, 1.54) is 31.5 Å². The van der Waals surface area contributed by atoms with Crippen LogP contribution in [-0.4, -0.2) is 23.3 Å². The number of nitrogens with one attached hydrogen (secondary N) is 2. The Balaban J connectivity index is 2.21. The van der Waals surface area contributed by atoms with Crippen molar-refractivity contribution in [1.29, 1.82) is 0 Å². The van der Waals surface area contributed by atoms with E-state index in [2.05, 4.69) is 20.3 Å². The van der Waals surface area contributed by atoms with E-state index in [1.807, 2.05) is 0 Å². The molecule has 2 aromatic rings. The Morgan fingerprint density at radius 2 is 2.29 bits per heavy atom. The van der Waals surface area contributed by atoms with Gasteiger partial charge in [-0.05, 0) is 18.2 Å². The summed E-state index contributed by atoms with van der Waals surface area (Å²) in [5.74, 6) is -1.06. The smallest absolute Gasteiger partial charge is 0.337 e. The second-order valence-corrected chi connectivity index (χ2v) is 4.46. The van der Waals surface area contributed by atoms with Crippen molar-refractivity contribution < 1.29 is 13.9 Å². The third-order valence-corrected chi connectivity index (χ3v) is 3.11. The highest BCUT2D eigenvalue weighted by molar-refractivity contribution is 6.32. The number of rotatable bonds is 4. The van der Waals surface area contributed by atoms with Crippen LogP contribution < -0.4 is 10.9 Å². The minimum Gasteiger partial charge on any atom is -0.465 e. The van der Waals surface area contributed by atoms with E-state index < -0.39 is 17.3 Å². The van der Waals surface area contributed by atoms with Crippen LogP contribution in [-0.2, 0) is 11.3 Å². The average molecular weight is 312 g/mol. The predicted octanol–water partition coefficient (Wildman–Crippen LogP) is 1.96. The number of carbonyl (C=O) groups is 1. The molecule has 0 aliphatic rings. The Labute approximate surface area is 123 Å². The van der Waals surface area contributed by atoms with Crippen molar-refractivity contribution >= 4 is 23.3 Å². The first-order valence-electron chi connectivity index (χ1n) is 5.86. The van der Waals surface area contributed by atoms with Crippen molar-refractivity contribution in [2.24, 2.45) is 0 Å². The van der Waals surface area contributed by atoms with Crippen LogP contribution in [0.2, 0.25) is 5.02 Å². The molecule has 0 spiro atoms. The summed E-state index contributed by atoms with van der Waals surface area (Å²) < 4.78 is 18.3. The van der Waals surface area contributed by atoms with E-state index in [1.54, 1.807) is 0 Å². The van der Waals surface area contributed by atoms with Crippen LogP contribution in [0.5, 0.6) is 0 Å². The van der Waals surface area contributed by atoms with E-state index in [0.717, 1.165) is 0 Å². The van der Waals surface area contributed by atoms with Crippen molar-refractivity contribution in [2.75, 3.05) is 12.4 Å². The zero-order valence-electron chi connectivity index (χ0n) is 10.9. The lowest BCUT2D eigenvalue weighted by Gasteiger charge is -2.09. The number of aromatic nitrogens is 2. The molecule has 0 amide bonds. The summed E-state index contributed by atoms with van der Waals surface area (Å²) >= 11 is 5.79. The van der Waals surface area contributed by atoms with Gasteiger partial charge in [0.05, 0.1) is 24.6 Å². The Hall–Kier alpha value is -2.41. The van der Waals surface area contributed by atoms with Gasteiger partial charge in [-0.1, -0.05) is 11.6 Å². The predicted molar refractivity (Wildman–Crippen MR) is 74.9 cm³/mol. The van der Waals surface area contributed by atoms with Gasteiger partial charge in [-0.25, -0.2) is 14.3 Å². The molecule has 0 radical (unpaired) electrons. The van der Waals surface area contributed by atoms with E-state index >= 15 is 0 Å². The summed E-state index contributed by atoms with van der Waals surface area (Å²) in [5, 5.41) is 8.47. The molecule has 2 rings (SSSR count). The molecule has 8 heteroatoms. The minimum absolute atomic E-state index is 0.0293. The van der Waals surface area contributed by atoms with Gasteiger partial charge in [0.2, 0.25) is 0 Å². The summed E-state index contributed by atoms with van der Waals surface area (Å²) in [7, 11) is 1.24. The average Bonchev–Trinajstić information content (AvgIpc) is 2.49. The first kappa shape index (κ1) is 15.0. The van der Waals surface area contributed by atoms with Gasteiger partial charge < -0.3 is 10.1 Å². The fourth-order valence-corrected chi connectivity index (χ4v) is 1.81. The number of ether oxygens (including phenoxy) is 1. The van der Waals surface area contributed by atoms with Crippen LogP contribution in [0, 0.1) is 5.82 Å². The standard InChI is InChI=1S/C13H11ClFN3O3/c1-21-13(20)7-2-3-9(15)8(4-7)5-16-10-6-17-18-12(19)11(10)14/h2-4,6H,5H2,1H3,(H2,16,18,19). The SMILES string of the molecule is COC(=O)c1ccc(F)c(CNc2cn[nH]c(=O)c2Cl)c1. The molecule has 6 nitrogen and oxygen atoms in total. The molecule has 0 unspecified atom stereocenters. The number of nitrogens with zero attached hydrogens (tertiary/aromatic N) is 1. The van der Waals surface area contributed by atoms with E-state index in [0.29, 0.717) is 0 Å². The number of benzene rings is 1. The number of hydrogen-bond donors (Lipinski definition) is 2. The quantitative estimate of drug-likeness (QED) is 0.843. The third-order valence-electron chi connectivity index (χ3n) is 2.73. The number of methoxy groups -OCH3 is 1. The highest BCUT2D eigenvalue weighted by atomic mass is 35.5. The molecule has 1 aromatic carbocycles. The third kappa shape index (κ3) is 3.38. The molecule has 0 atom stereocenters. The number of H-pyrrole nitrogens is 1. The van der Waals surface area contributed by atoms with Gasteiger partial charge in [-0.2, -0.15) is 5.10 Å². The summed E-state index contributed by atoms with van der Waals surface area (Å²) in [6.07, 6.45) is 1.31. The summed E-state index contributed by atoms with van der Waals surface area (Å²) in [4.78, 5) is 22.7. The normalized spacial score (nSPS) is 10.2. The molecule has 21 heavy (non-hydrogen) atoms. The zero-order valence-corrected chi connectivity index (χ0v) is 11.7. The van der Waals surface area contributed by atoms with Gasteiger partial charge in [-0.15, -0.1) is 0 Å². The fraction of sp³-hybridized carbons (Fsp3) is 0.154. The van der Waals surface area contributed by atoms with Gasteiger partial charge >= 0.3 is 5.97 Å². The molecule has 0 saturated carbocycles. The van der Waals surface area contributed by atoms with Crippen molar-refractivity contribution in [1.82, 2.24) is 10.2 Å². The lowest BCUT2D eigenvalue weighted by molar-refractivity contribution is 0.0600. The molecule has 1 aromatic heterocycles. The molecule has 0 aliphatic carbocycles. The Kier molecular flexibility index (Phi) is 4.54. The van der Waals surface area contributed by atoms with Crippen molar-refractivity contribution in [2.45, 2.75) is 6.54 Å². The molecule has 0 fully saturated rings.